The lowest BCUT2D eigenvalue weighted by Crippen LogP contribution is -2.30. The average Bonchev–Trinajstić information content (AvgIpc) is 2.15. The van der Waals surface area contributed by atoms with E-state index in [-0.39, 0.29) is 0 Å². The molecule has 1 rings (SSSR count). The maximum absolute atomic E-state index is 12.3. The third-order valence-electron chi connectivity index (χ3n) is 2.20. The quantitative estimate of drug-likeness (QED) is 0.796. The number of halogens is 2. The van der Waals surface area contributed by atoms with Gasteiger partial charge in [-0.3, -0.25) is 0 Å². The summed E-state index contributed by atoms with van der Waals surface area (Å²) in [7, 11) is -1.81. The molecule has 1 aromatic rings. The summed E-state index contributed by atoms with van der Waals surface area (Å²) in [6.07, 6.45) is 0. The van der Waals surface area contributed by atoms with Crippen molar-refractivity contribution in [2.45, 2.75) is 18.7 Å². The van der Waals surface area contributed by atoms with Crippen molar-refractivity contribution >= 4 is 41.9 Å². The molecule has 0 aliphatic heterocycles. The van der Waals surface area contributed by atoms with Crippen LogP contribution in [0.15, 0.2) is 32.0 Å². The summed E-state index contributed by atoms with van der Waals surface area (Å²) in [6.45, 7) is 4.48. The van der Waals surface area contributed by atoms with E-state index in [2.05, 4.69) is 31.9 Å². The van der Waals surface area contributed by atoms with E-state index in [4.69, 9.17) is 0 Å². The number of hydrogen-bond acceptors (Lipinski definition) is 2. The molecule has 0 amide bonds. The first-order chi connectivity index (χ1) is 7.75. The SMILES string of the molecule is CC(C)CN(C)S(=O)(=O)c1ccc(Br)cc1Br. The maximum Gasteiger partial charge on any atom is 0.243 e. The van der Waals surface area contributed by atoms with E-state index < -0.39 is 10.0 Å². The second kappa shape index (κ2) is 5.82. The molecule has 17 heavy (non-hydrogen) atoms. The van der Waals surface area contributed by atoms with Crippen LogP contribution >= 0.6 is 31.9 Å². The number of hydrogen-bond donors (Lipinski definition) is 0. The molecule has 0 saturated heterocycles. The van der Waals surface area contributed by atoms with Gasteiger partial charge in [0, 0.05) is 22.5 Å². The highest BCUT2D eigenvalue weighted by Crippen LogP contribution is 2.27. The zero-order valence-electron chi connectivity index (χ0n) is 9.94. The van der Waals surface area contributed by atoms with E-state index in [1.165, 1.54) is 4.31 Å². The molecule has 0 spiro atoms. The predicted molar refractivity (Wildman–Crippen MR) is 76.5 cm³/mol. The van der Waals surface area contributed by atoms with E-state index in [9.17, 15) is 8.42 Å². The summed E-state index contributed by atoms with van der Waals surface area (Å²) in [6, 6.07) is 5.05. The van der Waals surface area contributed by atoms with Crippen molar-refractivity contribution in [2.24, 2.45) is 5.92 Å². The molecule has 0 unspecified atom stereocenters. The largest absolute Gasteiger partial charge is 0.243 e. The first-order valence-corrected chi connectivity index (χ1v) is 8.19. The molecule has 0 fully saturated rings. The minimum atomic E-state index is -3.42. The lowest BCUT2D eigenvalue weighted by Gasteiger charge is -2.19. The Morgan fingerprint density at radius 3 is 2.35 bits per heavy atom. The van der Waals surface area contributed by atoms with Gasteiger partial charge < -0.3 is 0 Å². The molecule has 0 aromatic heterocycles. The van der Waals surface area contributed by atoms with Crippen LogP contribution in [0.4, 0.5) is 0 Å². The Bertz CT molecular complexity index is 500. The molecule has 96 valence electrons. The van der Waals surface area contributed by atoms with Gasteiger partial charge in [-0.05, 0) is 40.0 Å². The molecule has 0 saturated carbocycles. The molecule has 0 bridgehead atoms. The Kier molecular flexibility index (Phi) is 5.19. The van der Waals surface area contributed by atoms with Gasteiger partial charge in [-0.25, -0.2) is 12.7 Å². The lowest BCUT2D eigenvalue weighted by molar-refractivity contribution is 0.417. The minimum absolute atomic E-state index is 0.295. The fourth-order valence-electron chi connectivity index (χ4n) is 1.46. The standard InChI is InChI=1S/C11H15Br2NO2S/c1-8(2)7-14(3)17(15,16)11-5-4-9(12)6-10(11)13/h4-6,8H,7H2,1-3H3. The Morgan fingerprint density at radius 2 is 1.88 bits per heavy atom. The van der Waals surface area contributed by atoms with Crippen LogP contribution in [0.5, 0.6) is 0 Å². The first-order valence-electron chi connectivity index (χ1n) is 5.16. The van der Waals surface area contributed by atoms with Gasteiger partial charge in [0.05, 0.1) is 4.90 Å². The van der Waals surface area contributed by atoms with Crippen molar-refractivity contribution in [1.82, 2.24) is 4.31 Å². The summed E-state index contributed by atoms with van der Waals surface area (Å²) in [4.78, 5) is 0.295. The van der Waals surface area contributed by atoms with Crippen LogP contribution in [0.3, 0.4) is 0 Å². The van der Waals surface area contributed by atoms with Crippen LogP contribution in [0, 0.1) is 5.92 Å². The van der Waals surface area contributed by atoms with E-state index in [1.54, 1.807) is 25.2 Å². The molecular weight excluding hydrogens is 370 g/mol. The van der Waals surface area contributed by atoms with Gasteiger partial charge in [-0.2, -0.15) is 0 Å². The average molecular weight is 385 g/mol. The van der Waals surface area contributed by atoms with E-state index in [0.29, 0.717) is 21.8 Å². The van der Waals surface area contributed by atoms with Crippen LogP contribution in [0.1, 0.15) is 13.8 Å². The summed E-state index contributed by atoms with van der Waals surface area (Å²) in [5.74, 6) is 0.295. The predicted octanol–water partition coefficient (Wildman–Crippen LogP) is 3.49. The van der Waals surface area contributed by atoms with Crippen molar-refractivity contribution in [3.05, 3.63) is 27.1 Å². The molecule has 3 nitrogen and oxygen atoms in total. The highest BCUT2D eigenvalue weighted by molar-refractivity contribution is 9.11. The van der Waals surface area contributed by atoms with Crippen molar-refractivity contribution < 1.29 is 8.42 Å². The third-order valence-corrected chi connectivity index (χ3v) is 5.50. The number of rotatable bonds is 4. The summed E-state index contributed by atoms with van der Waals surface area (Å²) >= 11 is 6.58. The van der Waals surface area contributed by atoms with Crippen LogP contribution in [0.25, 0.3) is 0 Å². The normalized spacial score (nSPS) is 12.4. The van der Waals surface area contributed by atoms with Gasteiger partial charge >= 0.3 is 0 Å². The van der Waals surface area contributed by atoms with Crippen molar-refractivity contribution in [3.8, 4) is 0 Å². The van der Waals surface area contributed by atoms with Crippen LogP contribution in [0.2, 0.25) is 0 Å². The van der Waals surface area contributed by atoms with Gasteiger partial charge in [0.2, 0.25) is 10.0 Å². The summed E-state index contributed by atoms with van der Waals surface area (Å²) in [5, 5.41) is 0. The zero-order chi connectivity index (χ0) is 13.2. The molecule has 0 heterocycles. The Labute approximate surface area is 120 Å². The first kappa shape index (κ1) is 15.1. The smallest absolute Gasteiger partial charge is 0.207 e. The third kappa shape index (κ3) is 3.77. The van der Waals surface area contributed by atoms with E-state index >= 15 is 0 Å². The van der Waals surface area contributed by atoms with Crippen molar-refractivity contribution in [1.29, 1.82) is 0 Å². The zero-order valence-corrected chi connectivity index (χ0v) is 13.9. The Morgan fingerprint density at radius 1 is 1.29 bits per heavy atom. The van der Waals surface area contributed by atoms with Crippen molar-refractivity contribution in [3.63, 3.8) is 0 Å². The number of sulfonamides is 1. The molecule has 1 aromatic carbocycles. The Hall–Kier alpha value is 0.0900. The van der Waals surface area contributed by atoms with E-state index in [0.717, 1.165) is 4.47 Å². The lowest BCUT2D eigenvalue weighted by atomic mass is 10.2. The van der Waals surface area contributed by atoms with Gasteiger partial charge in [-0.15, -0.1) is 0 Å². The molecule has 0 aliphatic carbocycles. The fraction of sp³-hybridized carbons (Fsp3) is 0.455. The highest BCUT2D eigenvalue weighted by atomic mass is 79.9. The molecule has 6 heteroatoms. The molecule has 0 aliphatic rings. The maximum atomic E-state index is 12.3. The number of benzene rings is 1. The topological polar surface area (TPSA) is 37.4 Å². The highest BCUT2D eigenvalue weighted by Gasteiger charge is 2.23. The summed E-state index contributed by atoms with van der Waals surface area (Å²) in [5.41, 5.74) is 0. The van der Waals surface area contributed by atoms with Crippen LogP contribution in [-0.4, -0.2) is 26.3 Å². The molecule has 0 radical (unpaired) electrons. The van der Waals surface area contributed by atoms with Gasteiger partial charge in [-0.1, -0.05) is 29.8 Å². The monoisotopic (exact) mass is 383 g/mol. The molecular formula is C11H15Br2NO2S. The number of nitrogens with zero attached hydrogens (tertiary/aromatic N) is 1. The summed E-state index contributed by atoms with van der Waals surface area (Å²) < 4.78 is 27.4. The Balaban J connectivity index is 3.13. The van der Waals surface area contributed by atoms with Crippen LogP contribution in [-0.2, 0) is 10.0 Å². The fourth-order valence-corrected chi connectivity index (χ4v) is 4.50. The van der Waals surface area contributed by atoms with E-state index in [1.807, 2.05) is 13.8 Å². The van der Waals surface area contributed by atoms with Gasteiger partial charge in [0.1, 0.15) is 0 Å². The molecule has 0 atom stereocenters. The minimum Gasteiger partial charge on any atom is -0.207 e. The second-order valence-corrected chi connectivity index (χ2v) is 8.04. The van der Waals surface area contributed by atoms with Gasteiger partial charge in [0.15, 0.2) is 0 Å². The van der Waals surface area contributed by atoms with Gasteiger partial charge in [0.25, 0.3) is 0 Å². The van der Waals surface area contributed by atoms with Crippen molar-refractivity contribution in [2.75, 3.05) is 13.6 Å². The second-order valence-electron chi connectivity index (χ2n) is 4.25. The molecule has 0 N–H and O–H groups in total. The van der Waals surface area contributed by atoms with Crippen LogP contribution < -0.4 is 0 Å².